The van der Waals surface area contributed by atoms with Crippen LogP contribution in [0.1, 0.15) is 24.2 Å². The minimum absolute atomic E-state index is 0.123. The monoisotopic (exact) mass is 279 g/mol. The molecule has 0 saturated carbocycles. The third-order valence-corrected chi connectivity index (χ3v) is 2.71. The number of benzene rings is 1. The first-order valence-electron chi connectivity index (χ1n) is 6.36. The third kappa shape index (κ3) is 4.15. The molecule has 1 aromatic rings. The fourth-order valence-corrected chi connectivity index (χ4v) is 1.88. The topological polar surface area (TPSA) is 98.6 Å². The zero-order chi connectivity index (χ0) is 15.3. The largest absolute Gasteiger partial charge is 0.497 e. The van der Waals surface area contributed by atoms with Gasteiger partial charge >= 0.3 is 0 Å². The average molecular weight is 279 g/mol. The van der Waals surface area contributed by atoms with E-state index in [0.717, 1.165) is 0 Å². The van der Waals surface area contributed by atoms with Gasteiger partial charge in [0, 0.05) is 18.3 Å². The molecule has 0 unspecified atom stereocenters. The van der Waals surface area contributed by atoms with E-state index >= 15 is 0 Å². The first-order chi connectivity index (χ1) is 9.35. The number of methoxy groups -OCH3 is 1. The molecule has 0 bridgehead atoms. The molecular weight excluding hydrogens is 258 g/mol. The Morgan fingerprint density at radius 1 is 1.35 bits per heavy atom. The summed E-state index contributed by atoms with van der Waals surface area (Å²) in [6, 6.07) is 4.82. The molecule has 0 atom stereocenters. The Kier molecular flexibility index (Phi) is 5.37. The van der Waals surface area contributed by atoms with Gasteiger partial charge in [0.2, 0.25) is 5.91 Å². The lowest BCUT2D eigenvalue weighted by Crippen LogP contribution is -2.40. The number of ether oxygens (including phenoxy) is 1. The number of hydrogen-bond acceptors (Lipinski definition) is 4. The quantitative estimate of drug-likeness (QED) is 0.754. The maximum absolute atomic E-state index is 12.4. The number of primary amides is 1. The lowest BCUT2D eigenvalue weighted by atomic mass is 10.1. The number of nitrogen functional groups attached to an aromatic ring is 1. The molecule has 0 heterocycles. The molecule has 0 fully saturated rings. The molecule has 4 N–H and O–H groups in total. The van der Waals surface area contributed by atoms with Crippen LogP contribution >= 0.6 is 0 Å². The molecule has 0 saturated heterocycles. The minimum Gasteiger partial charge on any atom is -0.497 e. The maximum atomic E-state index is 12.4. The standard InChI is InChI=1S/C14H21N3O3/c1-9(2)7-17(8-13(16)18)14(19)11-5-4-10(20-3)6-12(11)15/h4-6,9H,7-8,15H2,1-3H3,(H2,16,18). The maximum Gasteiger partial charge on any atom is 0.256 e. The lowest BCUT2D eigenvalue weighted by molar-refractivity contribution is -0.118. The highest BCUT2D eigenvalue weighted by molar-refractivity contribution is 6.00. The fourth-order valence-electron chi connectivity index (χ4n) is 1.88. The SMILES string of the molecule is COc1ccc(C(=O)N(CC(N)=O)CC(C)C)c(N)c1. The number of amides is 2. The number of rotatable bonds is 6. The van der Waals surface area contributed by atoms with Crippen LogP contribution in [0.25, 0.3) is 0 Å². The molecule has 0 aliphatic rings. The zero-order valence-corrected chi connectivity index (χ0v) is 12.1. The van der Waals surface area contributed by atoms with Gasteiger partial charge in [-0.15, -0.1) is 0 Å². The van der Waals surface area contributed by atoms with E-state index in [1.807, 2.05) is 13.8 Å². The van der Waals surface area contributed by atoms with Gasteiger partial charge in [0.25, 0.3) is 5.91 Å². The molecule has 0 aliphatic carbocycles. The highest BCUT2D eigenvalue weighted by Gasteiger charge is 2.20. The number of nitrogens with zero attached hydrogens (tertiary/aromatic N) is 1. The van der Waals surface area contributed by atoms with Crippen molar-refractivity contribution in [2.75, 3.05) is 25.9 Å². The lowest BCUT2D eigenvalue weighted by Gasteiger charge is -2.24. The van der Waals surface area contributed by atoms with Crippen molar-refractivity contribution < 1.29 is 14.3 Å². The van der Waals surface area contributed by atoms with Gasteiger partial charge < -0.3 is 21.1 Å². The molecule has 0 aromatic heterocycles. The average Bonchev–Trinajstić information content (AvgIpc) is 2.35. The van der Waals surface area contributed by atoms with Crippen molar-refractivity contribution in [3.8, 4) is 5.75 Å². The summed E-state index contributed by atoms with van der Waals surface area (Å²) in [6.45, 7) is 4.23. The number of anilines is 1. The summed E-state index contributed by atoms with van der Waals surface area (Å²) in [5, 5.41) is 0. The zero-order valence-electron chi connectivity index (χ0n) is 12.1. The Morgan fingerprint density at radius 3 is 2.45 bits per heavy atom. The fraction of sp³-hybridized carbons (Fsp3) is 0.429. The molecule has 20 heavy (non-hydrogen) atoms. The summed E-state index contributed by atoms with van der Waals surface area (Å²) >= 11 is 0. The Morgan fingerprint density at radius 2 is 2.00 bits per heavy atom. The van der Waals surface area contributed by atoms with Crippen LogP contribution in [0.3, 0.4) is 0 Å². The molecule has 110 valence electrons. The van der Waals surface area contributed by atoms with E-state index < -0.39 is 5.91 Å². The van der Waals surface area contributed by atoms with Gasteiger partial charge in [0.05, 0.1) is 19.2 Å². The molecule has 1 rings (SSSR count). The number of hydrogen-bond donors (Lipinski definition) is 2. The molecule has 0 radical (unpaired) electrons. The van der Waals surface area contributed by atoms with Crippen LogP contribution in [-0.2, 0) is 4.79 Å². The van der Waals surface area contributed by atoms with Crippen molar-refractivity contribution in [2.45, 2.75) is 13.8 Å². The normalized spacial score (nSPS) is 10.4. The van der Waals surface area contributed by atoms with Crippen LogP contribution < -0.4 is 16.2 Å². The van der Waals surface area contributed by atoms with Crippen molar-refractivity contribution in [1.82, 2.24) is 4.90 Å². The van der Waals surface area contributed by atoms with Crippen molar-refractivity contribution >= 4 is 17.5 Å². The molecular formula is C14H21N3O3. The molecule has 0 aliphatic heterocycles. The van der Waals surface area contributed by atoms with Gasteiger partial charge in [-0.2, -0.15) is 0 Å². The molecule has 0 spiro atoms. The van der Waals surface area contributed by atoms with Crippen molar-refractivity contribution in [1.29, 1.82) is 0 Å². The predicted molar refractivity (Wildman–Crippen MR) is 77.3 cm³/mol. The summed E-state index contributed by atoms with van der Waals surface area (Å²) in [4.78, 5) is 24.9. The Balaban J connectivity index is 3.01. The van der Waals surface area contributed by atoms with Crippen molar-refractivity contribution in [3.05, 3.63) is 23.8 Å². The third-order valence-electron chi connectivity index (χ3n) is 2.71. The number of carbonyl (C=O) groups is 2. The van der Waals surface area contributed by atoms with E-state index in [2.05, 4.69) is 0 Å². The molecule has 6 heteroatoms. The van der Waals surface area contributed by atoms with Crippen LogP contribution in [0, 0.1) is 5.92 Å². The summed E-state index contributed by atoms with van der Waals surface area (Å²) in [7, 11) is 1.52. The van der Waals surface area contributed by atoms with E-state index in [1.54, 1.807) is 18.2 Å². The van der Waals surface area contributed by atoms with Crippen LogP contribution in [-0.4, -0.2) is 36.9 Å². The molecule has 2 amide bonds. The van der Waals surface area contributed by atoms with E-state index in [4.69, 9.17) is 16.2 Å². The first-order valence-corrected chi connectivity index (χ1v) is 6.36. The first kappa shape index (κ1) is 15.8. The summed E-state index contributed by atoms with van der Waals surface area (Å²) in [5.74, 6) is -0.0640. The van der Waals surface area contributed by atoms with Crippen molar-refractivity contribution in [3.63, 3.8) is 0 Å². The number of nitrogens with two attached hydrogens (primary N) is 2. The second-order valence-electron chi connectivity index (χ2n) is 5.00. The summed E-state index contributed by atoms with van der Waals surface area (Å²) in [5.41, 5.74) is 11.7. The van der Waals surface area contributed by atoms with E-state index in [1.165, 1.54) is 12.0 Å². The van der Waals surface area contributed by atoms with E-state index in [0.29, 0.717) is 23.5 Å². The van der Waals surface area contributed by atoms with Gasteiger partial charge in [0.15, 0.2) is 0 Å². The van der Waals surface area contributed by atoms with Crippen LogP contribution in [0.15, 0.2) is 18.2 Å². The Hall–Kier alpha value is -2.24. The van der Waals surface area contributed by atoms with Crippen molar-refractivity contribution in [2.24, 2.45) is 11.7 Å². The summed E-state index contributed by atoms with van der Waals surface area (Å²) in [6.07, 6.45) is 0. The van der Waals surface area contributed by atoms with E-state index in [9.17, 15) is 9.59 Å². The Bertz CT molecular complexity index is 500. The Labute approximate surface area is 118 Å². The van der Waals surface area contributed by atoms with Crippen LogP contribution in [0.4, 0.5) is 5.69 Å². The molecule has 1 aromatic carbocycles. The van der Waals surface area contributed by atoms with E-state index in [-0.39, 0.29) is 18.4 Å². The van der Waals surface area contributed by atoms with Crippen LogP contribution in [0.2, 0.25) is 0 Å². The molecule has 6 nitrogen and oxygen atoms in total. The minimum atomic E-state index is -0.550. The highest BCUT2D eigenvalue weighted by Crippen LogP contribution is 2.21. The van der Waals surface area contributed by atoms with Crippen LogP contribution in [0.5, 0.6) is 5.75 Å². The van der Waals surface area contributed by atoms with Gasteiger partial charge in [-0.1, -0.05) is 13.8 Å². The predicted octanol–water partition coefficient (Wildman–Crippen LogP) is 0.861. The second-order valence-corrected chi connectivity index (χ2v) is 5.00. The van der Waals surface area contributed by atoms with Gasteiger partial charge in [0.1, 0.15) is 5.75 Å². The number of carbonyl (C=O) groups excluding carboxylic acids is 2. The summed E-state index contributed by atoms with van der Waals surface area (Å²) < 4.78 is 5.04. The van der Waals surface area contributed by atoms with Gasteiger partial charge in [-0.05, 0) is 18.1 Å². The van der Waals surface area contributed by atoms with Gasteiger partial charge in [-0.3, -0.25) is 9.59 Å². The smallest absolute Gasteiger partial charge is 0.256 e. The second kappa shape index (κ2) is 6.79. The van der Waals surface area contributed by atoms with Gasteiger partial charge in [-0.25, -0.2) is 0 Å². The highest BCUT2D eigenvalue weighted by atomic mass is 16.5.